The highest BCUT2D eigenvalue weighted by atomic mass is 16.4. The fourth-order valence-corrected chi connectivity index (χ4v) is 6.09. The third-order valence-corrected chi connectivity index (χ3v) is 6.48. The predicted octanol–water partition coefficient (Wildman–Crippen LogP) is 2.57. The second kappa shape index (κ2) is 4.23. The topological polar surface area (TPSA) is 66.4 Å². The van der Waals surface area contributed by atoms with Gasteiger partial charge >= 0.3 is 5.97 Å². The second-order valence-corrected chi connectivity index (χ2v) is 8.68. The molecule has 4 bridgehead atoms. The zero-order valence-corrected chi connectivity index (χ0v) is 12.7. The number of carboxylic acid groups (broad SMARTS) is 1. The van der Waals surface area contributed by atoms with Gasteiger partial charge in [-0.3, -0.25) is 4.79 Å². The number of amides is 1. The average molecular weight is 291 g/mol. The summed E-state index contributed by atoms with van der Waals surface area (Å²) in [5.41, 5.74) is 0.0567. The summed E-state index contributed by atoms with van der Waals surface area (Å²) < 4.78 is 0. The molecule has 0 aromatic rings. The van der Waals surface area contributed by atoms with Crippen molar-refractivity contribution in [1.82, 2.24) is 5.32 Å². The molecule has 3 atom stereocenters. The van der Waals surface area contributed by atoms with Crippen LogP contribution in [0.15, 0.2) is 0 Å². The third kappa shape index (κ3) is 2.18. The standard InChI is InChI=1S/C17H25NO3/c1-16-5-10-4-11(6-16)8-17(7-10,9-16)15(21)18-13(14(19)20)12-2-3-12/h10-13H,2-9H2,1H3,(H,18,21)(H,19,20). The molecule has 21 heavy (non-hydrogen) atoms. The molecule has 5 aliphatic carbocycles. The Bertz CT molecular complexity index is 482. The average Bonchev–Trinajstić information content (AvgIpc) is 3.16. The number of carboxylic acids is 1. The van der Waals surface area contributed by atoms with E-state index in [2.05, 4.69) is 12.2 Å². The van der Waals surface area contributed by atoms with Crippen LogP contribution in [0.3, 0.4) is 0 Å². The van der Waals surface area contributed by atoms with Crippen LogP contribution in [0.2, 0.25) is 0 Å². The zero-order valence-electron chi connectivity index (χ0n) is 12.7. The SMILES string of the molecule is CC12CC3CC(C1)CC(C(=O)NC(C(=O)O)C1CC1)(C3)C2. The van der Waals surface area contributed by atoms with Crippen molar-refractivity contribution < 1.29 is 14.7 Å². The maximum absolute atomic E-state index is 12.9. The highest BCUT2D eigenvalue weighted by molar-refractivity contribution is 5.88. The Morgan fingerprint density at radius 1 is 1.14 bits per heavy atom. The van der Waals surface area contributed by atoms with Crippen molar-refractivity contribution in [2.45, 2.75) is 64.3 Å². The second-order valence-electron chi connectivity index (χ2n) is 8.68. The molecule has 0 aromatic heterocycles. The smallest absolute Gasteiger partial charge is 0.326 e. The molecule has 5 saturated carbocycles. The molecular weight excluding hydrogens is 266 g/mol. The predicted molar refractivity (Wildman–Crippen MR) is 77.5 cm³/mol. The quantitative estimate of drug-likeness (QED) is 0.836. The van der Waals surface area contributed by atoms with Gasteiger partial charge in [-0.15, -0.1) is 0 Å². The van der Waals surface area contributed by atoms with Crippen molar-refractivity contribution in [1.29, 1.82) is 0 Å². The lowest BCUT2D eigenvalue weighted by Gasteiger charge is -2.60. The van der Waals surface area contributed by atoms with E-state index in [4.69, 9.17) is 0 Å². The van der Waals surface area contributed by atoms with Gasteiger partial charge in [0.15, 0.2) is 0 Å². The van der Waals surface area contributed by atoms with Crippen LogP contribution in [-0.4, -0.2) is 23.0 Å². The van der Waals surface area contributed by atoms with Gasteiger partial charge in [0.1, 0.15) is 6.04 Å². The fourth-order valence-electron chi connectivity index (χ4n) is 6.09. The zero-order chi connectivity index (χ0) is 14.8. The molecule has 2 N–H and O–H groups in total. The Morgan fingerprint density at radius 3 is 2.24 bits per heavy atom. The van der Waals surface area contributed by atoms with Crippen molar-refractivity contribution in [3.63, 3.8) is 0 Å². The van der Waals surface area contributed by atoms with Crippen molar-refractivity contribution in [3.05, 3.63) is 0 Å². The number of carbonyl (C=O) groups excluding carboxylic acids is 1. The van der Waals surface area contributed by atoms with E-state index in [-0.39, 0.29) is 17.2 Å². The summed E-state index contributed by atoms with van der Waals surface area (Å²) in [7, 11) is 0. The van der Waals surface area contributed by atoms with Gasteiger partial charge in [0, 0.05) is 0 Å². The van der Waals surface area contributed by atoms with E-state index in [0.717, 1.165) is 32.1 Å². The number of rotatable bonds is 4. The molecule has 5 aliphatic rings. The van der Waals surface area contributed by atoms with E-state index in [1.54, 1.807) is 0 Å². The summed E-state index contributed by atoms with van der Waals surface area (Å²) in [6.07, 6.45) is 8.64. The molecule has 1 amide bonds. The minimum atomic E-state index is -0.859. The van der Waals surface area contributed by atoms with Crippen LogP contribution in [0.5, 0.6) is 0 Å². The summed E-state index contributed by atoms with van der Waals surface area (Å²) >= 11 is 0. The highest BCUT2D eigenvalue weighted by Crippen LogP contribution is 2.65. The normalized spacial score (nSPS) is 45.4. The summed E-state index contributed by atoms with van der Waals surface area (Å²) in [6.45, 7) is 2.34. The van der Waals surface area contributed by atoms with Crippen molar-refractivity contribution in [2.75, 3.05) is 0 Å². The number of carbonyl (C=O) groups is 2. The maximum atomic E-state index is 12.9. The molecule has 116 valence electrons. The number of nitrogens with one attached hydrogen (secondary N) is 1. The van der Waals surface area contributed by atoms with E-state index < -0.39 is 12.0 Å². The summed E-state index contributed by atoms with van der Waals surface area (Å²) in [5, 5.41) is 12.3. The Morgan fingerprint density at radius 2 is 1.76 bits per heavy atom. The monoisotopic (exact) mass is 291 g/mol. The molecule has 0 heterocycles. The van der Waals surface area contributed by atoms with E-state index in [1.807, 2.05) is 0 Å². The first-order valence-corrected chi connectivity index (χ1v) is 8.43. The first kappa shape index (κ1) is 13.6. The van der Waals surface area contributed by atoms with E-state index in [9.17, 15) is 14.7 Å². The molecule has 0 spiro atoms. The fraction of sp³-hybridized carbons (Fsp3) is 0.882. The molecular formula is C17H25NO3. The summed E-state index contributed by atoms with van der Waals surface area (Å²) in [4.78, 5) is 24.3. The van der Waals surface area contributed by atoms with Crippen molar-refractivity contribution in [3.8, 4) is 0 Å². The molecule has 4 nitrogen and oxygen atoms in total. The molecule has 0 saturated heterocycles. The number of hydrogen-bond donors (Lipinski definition) is 2. The van der Waals surface area contributed by atoms with Crippen LogP contribution in [0.1, 0.15) is 58.3 Å². The van der Waals surface area contributed by atoms with Crippen molar-refractivity contribution >= 4 is 11.9 Å². The Labute approximate surface area is 125 Å². The summed E-state index contributed by atoms with van der Waals surface area (Å²) in [5.74, 6) is 0.720. The Balaban J connectivity index is 1.55. The van der Waals surface area contributed by atoms with Crippen LogP contribution in [0.4, 0.5) is 0 Å². The first-order valence-electron chi connectivity index (χ1n) is 8.43. The van der Waals surface area contributed by atoms with E-state index >= 15 is 0 Å². The van der Waals surface area contributed by atoms with Crippen LogP contribution >= 0.6 is 0 Å². The lowest BCUT2D eigenvalue weighted by molar-refractivity contribution is -0.158. The lowest BCUT2D eigenvalue weighted by Crippen LogP contribution is -2.59. The lowest BCUT2D eigenvalue weighted by atomic mass is 9.44. The molecule has 0 aromatic carbocycles. The van der Waals surface area contributed by atoms with Crippen LogP contribution in [0.25, 0.3) is 0 Å². The molecule has 4 heteroatoms. The largest absolute Gasteiger partial charge is 0.480 e. The van der Waals surface area contributed by atoms with Gasteiger partial charge in [0.25, 0.3) is 0 Å². The van der Waals surface area contributed by atoms with Gasteiger partial charge in [-0.2, -0.15) is 0 Å². The first-order chi connectivity index (χ1) is 9.89. The summed E-state index contributed by atoms with van der Waals surface area (Å²) in [6, 6.07) is -0.654. The maximum Gasteiger partial charge on any atom is 0.326 e. The van der Waals surface area contributed by atoms with Gasteiger partial charge < -0.3 is 10.4 Å². The third-order valence-electron chi connectivity index (χ3n) is 6.48. The van der Waals surface area contributed by atoms with Crippen LogP contribution in [-0.2, 0) is 9.59 Å². The van der Waals surface area contributed by atoms with Crippen molar-refractivity contribution in [2.24, 2.45) is 28.6 Å². The number of aliphatic carboxylic acids is 1. The van der Waals surface area contributed by atoms with Gasteiger partial charge in [-0.1, -0.05) is 6.92 Å². The van der Waals surface area contributed by atoms with E-state index in [1.165, 1.54) is 19.3 Å². The molecule has 5 rings (SSSR count). The molecule has 0 aliphatic heterocycles. The van der Waals surface area contributed by atoms with Gasteiger partial charge in [0.2, 0.25) is 5.91 Å². The highest BCUT2D eigenvalue weighted by Gasteiger charge is 2.59. The van der Waals surface area contributed by atoms with Gasteiger partial charge in [-0.05, 0) is 74.5 Å². The van der Waals surface area contributed by atoms with Crippen LogP contribution in [0, 0.1) is 28.6 Å². The Kier molecular flexibility index (Phi) is 2.74. The van der Waals surface area contributed by atoms with Crippen LogP contribution < -0.4 is 5.32 Å². The minimum absolute atomic E-state index is 0.0436. The molecule has 3 unspecified atom stereocenters. The Hall–Kier alpha value is -1.06. The van der Waals surface area contributed by atoms with Gasteiger partial charge in [-0.25, -0.2) is 4.79 Å². The van der Waals surface area contributed by atoms with E-state index in [0.29, 0.717) is 17.3 Å². The molecule has 0 radical (unpaired) electrons. The minimum Gasteiger partial charge on any atom is -0.480 e. The number of hydrogen-bond acceptors (Lipinski definition) is 2. The molecule has 5 fully saturated rings. The van der Waals surface area contributed by atoms with Gasteiger partial charge in [0.05, 0.1) is 5.41 Å².